The molecule has 0 spiro atoms. The van der Waals surface area contributed by atoms with Crippen molar-refractivity contribution in [1.29, 1.82) is 0 Å². The highest BCUT2D eigenvalue weighted by Gasteiger charge is 2.00. The Morgan fingerprint density at radius 2 is 2.22 bits per heavy atom. The Balaban J connectivity index is 2.07. The first kappa shape index (κ1) is 13.0. The fraction of sp³-hybridized carbons (Fsp3) is 0.286. The summed E-state index contributed by atoms with van der Waals surface area (Å²) in [6.45, 7) is 2.51. The van der Waals surface area contributed by atoms with E-state index in [4.69, 9.17) is 0 Å². The molecule has 1 amide bonds. The molecule has 4 heteroatoms. The third-order valence-corrected chi connectivity index (χ3v) is 3.25. The summed E-state index contributed by atoms with van der Waals surface area (Å²) in [4.78, 5) is 15.5. The van der Waals surface area contributed by atoms with E-state index in [0.29, 0.717) is 13.0 Å². The number of nitrogens with zero attached hydrogens (tertiary/aromatic N) is 1. The van der Waals surface area contributed by atoms with E-state index in [2.05, 4.69) is 38.4 Å². The molecule has 0 atom stereocenters. The minimum atomic E-state index is 0.0893. The number of pyridine rings is 1. The first-order valence-corrected chi connectivity index (χ1v) is 6.79. The molecule has 0 aliphatic heterocycles. The summed E-state index contributed by atoms with van der Waals surface area (Å²) in [5.74, 6) is 0.0893. The van der Waals surface area contributed by atoms with Crippen LogP contribution in [0.1, 0.15) is 18.9 Å². The van der Waals surface area contributed by atoms with Crippen molar-refractivity contribution >= 4 is 32.7 Å². The second-order valence-corrected chi connectivity index (χ2v) is 5.05. The summed E-state index contributed by atoms with van der Waals surface area (Å²) in [6, 6.07) is 8.14. The normalized spacial score (nSPS) is 10.6. The first-order valence-electron chi connectivity index (χ1n) is 6.00. The van der Waals surface area contributed by atoms with Gasteiger partial charge >= 0.3 is 0 Å². The van der Waals surface area contributed by atoms with Crippen LogP contribution in [0.15, 0.2) is 34.9 Å². The maximum Gasteiger partial charge on any atom is 0.219 e. The van der Waals surface area contributed by atoms with Crippen molar-refractivity contribution in [3.05, 3.63) is 40.5 Å². The first-order chi connectivity index (χ1) is 8.69. The molecule has 0 saturated heterocycles. The van der Waals surface area contributed by atoms with Gasteiger partial charge in [-0.1, -0.05) is 22.9 Å². The molecule has 94 valence electrons. The lowest BCUT2D eigenvalue weighted by atomic mass is 10.1. The van der Waals surface area contributed by atoms with Crippen molar-refractivity contribution in [2.75, 3.05) is 6.54 Å². The number of fused-ring (bicyclic) bond motifs is 1. The van der Waals surface area contributed by atoms with Gasteiger partial charge in [-0.2, -0.15) is 0 Å². The lowest BCUT2D eigenvalue weighted by Gasteiger charge is -2.05. The molecule has 1 aromatic heterocycles. The van der Waals surface area contributed by atoms with Gasteiger partial charge in [-0.05, 0) is 36.2 Å². The molecule has 0 bridgehead atoms. The molecule has 0 unspecified atom stereocenters. The summed E-state index contributed by atoms with van der Waals surface area (Å²) in [5, 5.41) is 3.98. The van der Waals surface area contributed by atoms with E-state index in [1.54, 1.807) is 0 Å². The lowest BCUT2D eigenvalue weighted by Crippen LogP contribution is -2.24. The van der Waals surface area contributed by atoms with E-state index < -0.39 is 0 Å². The summed E-state index contributed by atoms with van der Waals surface area (Å²) in [6.07, 6.45) is 3.21. The second-order valence-electron chi connectivity index (χ2n) is 4.13. The van der Waals surface area contributed by atoms with E-state index in [-0.39, 0.29) is 5.91 Å². The summed E-state index contributed by atoms with van der Waals surface area (Å²) < 4.78 is 1.05. The third-order valence-electron chi connectivity index (χ3n) is 2.76. The van der Waals surface area contributed by atoms with Crippen LogP contribution in [0.3, 0.4) is 0 Å². The number of carbonyl (C=O) groups excluding carboxylic acids is 1. The average Bonchev–Trinajstić information content (AvgIpc) is 2.38. The van der Waals surface area contributed by atoms with Gasteiger partial charge in [0.25, 0.3) is 0 Å². The van der Waals surface area contributed by atoms with E-state index in [1.807, 2.05) is 25.3 Å². The zero-order chi connectivity index (χ0) is 13.0. The van der Waals surface area contributed by atoms with Crippen LogP contribution >= 0.6 is 15.9 Å². The smallest absolute Gasteiger partial charge is 0.219 e. The predicted octanol–water partition coefficient (Wildman–Crippen LogP) is 3.07. The number of amides is 1. The van der Waals surface area contributed by atoms with Gasteiger partial charge < -0.3 is 5.32 Å². The summed E-state index contributed by atoms with van der Waals surface area (Å²) in [7, 11) is 0. The van der Waals surface area contributed by atoms with Gasteiger partial charge in [0.2, 0.25) is 5.91 Å². The molecular weight excluding hydrogens is 292 g/mol. The number of benzene rings is 1. The van der Waals surface area contributed by atoms with Crippen LogP contribution in [0.5, 0.6) is 0 Å². The van der Waals surface area contributed by atoms with Crippen LogP contribution in [0.4, 0.5) is 0 Å². The van der Waals surface area contributed by atoms with Crippen molar-refractivity contribution in [1.82, 2.24) is 10.3 Å². The molecule has 0 aliphatic carbocycles. The number of hydrogen-bond acceptors (Lipinski definition) is 2. The van der Waals surface area contributed by atoms with E-state index >= 15 is 0 Å². The highest BCUT2D eigenvalue weighted by atomic mass is 79.9. The second kappa shape index (κ2) is 5.96. The fourth-order valence-electron chi connectivity index (χ4n) is 1.76. The molecular formula is C14H15BrN2O. The number of carbonyl (C=O) groups is 1. The average molecular weight is 307 g/mol. The molecule has 1 heterocycles. The molecule has 0 aliphatic rings. The van der Waals surface area contributed by atoms with Crippen LogP contribution in [-0.4, -0.2) is 17.4 Å². The van der Waals surface area contributed by atoms with Crippen LogP contribution in [-0.2, 0) is 11.2 Å². The Hall–Kier alpha value is -1.42. The van der Waals surface area contributed by atoms with Gasteiger partial charge in [0.05, 0.1) is 5.52 Å². The Kier molecular flexibility index (Phi) is 4.31. The van der Waals surface area contributed by atoms with Gasteiger partial charge in [-0.15, -0.1) is 0 Å². The molecule has 3 nitrogen and oxygen atoms in total. The van der Waals surface area contributed by atoms with Crippen molar-refractivity contribution in [3.63, 3.8) is 0 Å². The van der Waals surface area contributed by atoms with E-state index in [1.165, 1.54) is 0 Å². The molecule has 0 radical (unpaired) electrons. The van der Waals surface area contributed by atoms with Crippen LogP contribution < -0.4 is 5.32 Å². The monoisotopic (exact) mass is 306 g/mol. The summed E-state index contributed by atoms with van der Waals surface area (Å²) in [5.41, 5.74) is 2.12. The molecule has 1 aromatic carbocycles. The third kappa shape index (κ3) is 3.29. The van der Waals surface area contributed by atoms with Gasteiger partial charge in [0, 0.05) is 29.0 Å². The van der Waals surface area contributed by atoms with E-state index in [9.17, 15) is 4.79 Å². The predicted molar refractivity (Wildman–Crippen MR) is 76.4 cm³/mol. The molecule has 18 heavy (non-hydrogen) atoms. The van der Waals surface area contributed by atoms with Gasteiger partial charge in [-0.3, -0.25) is 9.78 Å². The molecule has 2 rings (SSSR count). The zero-order valence-electron chi connectivity index (χ0n) is 10.2. The standard InChI is InChI=1S/C14H15BrN2O/c1-2-14(18)16-6-5-10-7-11-8-12(15)3-4-13(11)17-9-10/h3-4,7-9H,2,5-6H2,1H3,(H,16,18). The quantitative estimate of drug-likeness (QED) is 0.943. The van der Waals surface area contributed by atoms with Gasteiger partial charge in [0.15, 0.2) is 0 Å². The minimum absolute atomic E-state index is 0.0893. The Labute approximate surface area is 115 Å². The number of halogens is 1. The topological polar surface area (TPSA) is 42.0 Å². The Bertz CT molecular complexity index is 569. The molecule has 1 N–H and O–H groups in total. The highest BCUT2D eigenvalue weighted by molar-refractivity contribution is 9.10. The van der Waals surface area contributed by atoms with Crippen molar-refractivity contribution in [2.45, 2.75) is 19.8 Å². The maximum absolute atomic E-state index is 11.1. The summed E-state index contributed by atoms with van der Waals surface area (Å²) >= 11 is 3.45. The van der Waals surface area contributed by atoms with Crippen LogP contribution in [0, 0.1) is 0 Å². The van der Waals surface area contributed by atoms with Crippen molar-refractivity contribution in [3.8, 4) is 0 Å². The highest BCUT2D eigenvalue weighted by Crippen LogP contribution is 2.19. The van der Waals surface area contributed by atoms with Crippen LogP contribution in [0.2, 0.25) is 0 Å². The minimum Gasteiger partial charge on any atom is -0.356 e. The SMILES string of the molecule is CCC(=O)NCCc1cnc2ccc(Br)cc2c1. The van der Waals surface area contributed by atoms with Crippen LogP contribution in [0.25, 0.3) is 10.9 Å². The number of aromatic nitrogens is 1. The molecule has 0 saturated carbocycles. The van der Waals surface area contributed by atoms with Gasteiger partial charge in [-0.25, -0.2) is 0 Å². The number of rotatable bonds is 4. The Morgan fingerprint density at radius 1 is 1.39 bits per heavy atom. The zero-order valence-corrected chi connectivity index (χ0v) is 11.8. The molecule has 0 fully saturated rings. The van der Waals surface area contributed by atoms with Crippen molar-refractivity contribution in [2.24, 2.45) is 0 Å². The van der Waals surface area contributed by atoms with E-state index in [0.717, 1.165) is 27.4 Å². The number of hydrogen-bond donors (Lipinski definition) is 1. The fourth-order valence-corrected chi connectivity index (χ4v) is 2.13. The number of nitrogens with one attached hydrogen (secondary N) is 1. The Morgan fingerprint density at radius 3 is 3.00 bits per heavy atom. The molecule has 2 aromatic rings. The maximum atomic E-state index is 11.1. The van der Waals surface area contributed by atoms with Gasteiger partial charge in [0.1, 0.15) is 0 Å². The largest absolute Gasteiger partial charge is 0.356 e. The lowest BCUT2D eigenvalue weighted by molar-refractivity contribution is -0.120. The van der Waals surface area contributed by atoms with Crippen molar-refractivity contribution < 1.29 is 4.79 Å².